The molecule has 1 N–H and O–H groups in total. The molecular weight excluding hydrogens is 360 g/mol. The van der Waals surface area contributed by atoms with Crippen LogP contribution in [0, 0.1) is 17.8 Å². The molecule has 2 aliphatic heterocycles. The van der Waals surface area contributed by atoms with Gasteiger partial charge in [-0.05, 0) is 55.7 Å². The lowest BCUT2D eigenvalue weighted by molar-refractivity contribution is -0.131. The highest BCUT2D eigenvalue weighted by Gasteiger charge is 2.31. The number of rotatable bonds is 6. The largest absolute Gasteiger partial charge is 0.343 e. The van der Waals surface area contributed by atoms with E-state index in [1.54, 1.807) is 0 Å². The van der Waals surface area contributed by atoms with Gasteiger partial charge in [0.05, 0.1) is 0 Å². The van der Waals surface area contributed by atoms with Crippen LogP contribution in [0.4, 0.5) is 0 Å². The minimum absolute atomic E-state index is 0. The fourth-order valence-corrected chi connectivity index (χ4v) is 4.29. The van der Waals surface area contributed by atoms with Gasteiger partial charge in [-0.15, -0.1) is 12.4 Å². The minimum Gasteiger partial charge on any atom is -0.343 e. The van der Waals surface area contributed by atoms with E-state index in [4.69, 9.17) is 0 Å². The van der Waals surface area contributed by atoms with Crippen LogP contribution >= 0.6 is 12.4 Å². The third-order valence-corrected chi connectivity index (χ3v) is 5.86. The SMILES string of the molecule is CC(C)Cc1ccc(C(=O)CCC(=O)N2CC[C@@H]3CNC[C@@H]3CC2)cc1.Cl. The van der Waals surface area contributed by atoms with E-state index >= 15 is 0 Å². The summed E-state index contributed by atoms with van der Waals surface area (Å²) in [5.74, 6) is 2.27. The van der Waals surface area contributed by atoms with Gasteiger partial charge in [0.1, 0.15) is 0 Å². The van der Waals surface area contributed by atoms with Gasteiger partial charge in [-0.3, -0.25) is 9.59 Å². The van der Waals surface area contributed by atoms with E-state index in [2.05, 4.69) is 19.2 Å². The number of nitrogens with zero attached hydrogens (tertiary/aromatic N) is 1. The van der Waals surface area contributed by atoms with Crippen molar-refractivity contribution in [2.75, 3.05) is 26.2 Å². The molecule has 2 saturated heterocycles. The lowest BCUT2D eigenvalue weighted by Crippen LogP contribution is -2.32. The zero-order valence-electron chi connectivity index (χ0n) is 16.6. The van der Waals surface area contributed by atoms with E-state index in [1.807, 2.05) is 29.2 Å². The van der Waals surface area contributed by atoms with Crippen LogP contribution in [0.1, 0.15) is 55.5 Å². The molecule has 1 amide bonds. The predicted octanol–water partition coefficient (Wildman–Crippen LogP) is 3.73. The van der Waals surface area contributed by atoms with Gasteiger partial charge in [0.15, 0.2) is 5.78 Å². The average Bonchev–Trinajstić information content (AvgIpc) is 2.98. The molecule has 150 valence electrons. The first-order valence-corrected chi connectivity index (χ1v) is 10.1. The third kappa shape index (κ3) is 6.05. The van der Waals surface area contributed by atoms with Crippen molar-refractivity contribution in [2.45, 2.75) is 46.0 Å². The maximum atomic E-state index is 12.5. The molecule has 1 aromatic carbocycles. The summed E-state index contributed by atoms with van der Waals surface area (Å²) in [5, 5.41) is 3.46. The molecule has 0 radical (unpaired) electrons. The summed E-state index contributed by atoms with van der Waals surface area (Å²) in [4.78, 5) is 26.9. The summed E-state index contributed by atoms with van der Waals surface area (Å²) in [7, 11) is 0. The van der Waals surface area contributed by atoms with Crippen molar-refractivity contribution in [3.63, 3.8) is 0 Å². The Hall–Kier alpha value is -1.39. The molecular formula is C22H33ClN2O2. The molecule has 0 saturated carbocycles. The Balaban J connectivity index is 0.00000261. The van der Waals surface area contributed by atoms with E-state index in [9.17, 15) is 9.59 Å². The van der Waals surface area contributed by atoms with Crippen LogP contribution in [-0.2, 0) is 11.2 Å². The molecule has 0 bridgehead atoms. The summed E-state index contributed by atoms with van der Waals surface area (Å²) in [6.07, 6.45) is 3.86. The smallest absolute Gasteiger partial charge is 0.223 e. The van der Waals surface area contributed by atoms with E-state index in [0.717, 1.165) is 62.8 Å². The van der Waals surface area contributed by atoms with Crippen molar-refractivity contribution in [3.05, 3.63) is 35.4 Å². The van der Waals surface area contributed by atoms with Gasteiger partial charge in [-0.1, -0.05) is 38.1 Å². The molecule has 2 heterocycles. The third-order valence-electron chi connectivity index (χ3n) is 5.86. The molecule has 0 aliphatic carbocycles. The van der Waals surface area contributed by atoms with Crippen LogP contribution in [-0.4, -0.2) is 42.8 Å². The monoisotopic (exact) mass is 392 g/mol. The topological polar surface area (TPSA) is 49.4 Å². The van der Waals surface area contributed by atoms with Crippen LogP contribution in [0.25, 0.3) is 0 Å². The fraction of sp³-hybridized carbons (Fsp3) is 0.636. The Morgan fingerprint density at radius 2 is 1.63 bits per heavy atom. The van der Waals surface area contributed by atoms with E-state index < -0.39 is 0 Å². The molecule has 2 fully saturated rings. The van der Waals surface area contributed by atoms with E-state index in [-0.39, 0.29) is 24.1 Å². The van der Waals surface area contributed by atoms with Gasteiger partial charge in [0, 0.05) is 31.5 Å². The normalized spacial score (nSPS) is 22.1. The highest BCUT2D eigenvalue weighted by atomic mass is 35.5. The summed E-state index contributed by atoms with van der Waals surface area (Å²) in [6.45, 7) is 8.27. The van der Waals surface area contributed by atoms with Crippen molar-refractivity contribution in [1.29, 1.82) is 0 Å². The van der Waals surface area contributed by atoms with Crippen LogP contribution in [0.3, 0.4) is 0 Å². The van der Waals surface area contributed by atoms with Gasteiger partial charge >= 0.3 is 0 Å². The number of amides is 1. The number of likely N-dealkylation sites (tertiary alicyclic amines) is 1. The average molecular weight is 393 g/mol. The number of benzene rings is 1. The Morgan fingerprint density at radius 1 is 1.04 bits per heavy atom. The van der Waals surface area contributed by atoms with Crippen molar-refractivity contribution in [1.82, 2.24) is 10.2 Å². The number of hydrogen-bond acceptors (Lipinski definition) is 3. The molecule has 0 aromatic heterocycles. The standard InChI is InChI=1S/C22H32N2O2.ClH/c1-16(2)13-17-3-5-18(6-4-17)21(25)7-8-22(26)24-11-9-19-14-23-15-20(19)10-12-24;/h3-6,16,19-20,23H,7-15H2,1-2H3;1H/t19-,20+;. The minimum atomic E-state index is 0. The summed E-state index contributed by atoms with van der Waals surface area (Å²) in [5.41, 5.74) is 1.99. The van der Waals surface area contributed by atoms with Gasteiger partial charge in [0.25, 0.3) is 0 Å². The summed E-state index contributed by atoms with van der Waals surface area (Å²) >= 11 is 0. The number of ketones is 1. The number of hydrogen-bond donors (Lipinski definition) is 1. The molecule has 0 unspecified atom stereocenters. The number of fused-ring (bicyclic) bond motifs is 1. The lowest BCUT2D eigenvalue weighted by atomic mass is 9.92. The Bertz CT molecular complexity index is 616. The zero-order chi connectivity index (χ0) is 18.5. The van der Waals surface area contributed by atoms with E-state index in [0.29, 0.717) is 18.8 Å². The Labute approximate surface area is 169 Å². The van der Waals surface area contributed by atoms with Crippen molar-refractivity contribution < 1.29 is 9.59 Å². The number of halogens is 1. The fourth-order valence-electron chi connectivity index (χ4n) is 4.29. The van der Waals surface area contributed by atoms with Crippen molar-refractivity contribution in [2.24, 2.45) is 17.8 Å². The van der Waals surface area contributed by atoms with Gasteiger partial charge in [-0.2, -0.15) is 0 Å². The van der Waals surface area contributed by atoms with E-state index in [1.165, 1.54) is 5.56 Å². The quantitative estimate of drug-likeness (QED) is 0.750. The Kier molecular flexibility index (Phi) is 8.30. The molecule has 5 heteroatoms. The van der Waals surface area contributed by atoms with Crippen LogP contribution in [0.15, 0.2) is 24.3 Å². The second-order valence-corrected chi connectivity index (χ2v) is 8.35. The second kappa shape index (κ2) is 10.2. The lowest BCUT2D eigenvalue weighted by Gasteiger charge is -2.20. The first-order valence-electron chi connectivity index (χ1n) is 10.1. The van der Waals surface area contributed by atoms with Crippen LogP contribution < -0.4 is 5.32 Å². The summed E-state index contributed by atoms with van der Waals surface area (Å²) in [6, 6.07) is 7.89. The molecule has 2 aliphatic rings. The number of nitrogens with one attached hydrogen (secondary N) is 1. The maximum Gasteiger partial charge on any atom is 0.223 e. The van der Waals surface area contributed by atoms with Crippen LogP contribution in [0.5, 0.6) is 0 Å². The second-order valence-electron chi connectivity index (χ2n) is 8.35. The van der Waals surface area contributed by atoms with Gasteiger partial charge < -0.3 is 10.2 Å². The number of carbonyl (C=O) groups is 2. The van der Waals surface area contributed by atoms with Gasteiger partial charge in [0.2, 0.25) is 5.91 Å². The number of Topliss-reactive ketones (excluding diaryl/α,β-unsaturated/α-hetero) is 1. The zero-order valence-corrected chi connectivity index (χ0v) is 17.4. The molecule has 0 spiro atoms. The first kappa shape index (κ1) is 21.9. The van der Waals surface area contributed by atoms with Crippen LogP contribution in [0.2, 0.25) is 0 Å². The molecule has 3 rings (SSSR count). The van der Waals surface area contributed by atoms with Crippen molar-refractivity contribution in [3.8, 4) is 0 Å². The highest BCUT2D eigenvalue weighted by Crippen LogP contribution is 2.27. The first-order chi connectivity index (χ1) is 12.5. The van der Waals surface area contributed by atoms with Crippen molar-refractivity contribution >= 4 is 24.1 Å². The molecule has 1 aromatic rings. The highest BCUT2D eigenvalue weighted by molar-refractivity contribution is 5.98. The number of carbonyl (C=O) groups excluding carboxylic acids is 2. The van der Waals surface area contributed by atoms with Gasteiger partial charge in [-0.25, -0.2) is 0 Å². The molecule has 27 heavy (non-hydrogen) atoms. The molecule has 2 atom stereocenters. The summed E-state index contributed by atoms with van der Waals surface area (Å²) < 4.78 is 0. The maximum absolute atomic E-state index is 12.5. The molecule has 4 nitrogen and oxygen atoms in total. The predicted molar refractivity (Wildman–Crippen MR) is 111 cm³/mol. The Morgan fingerprint density at radius 3 is 2.19 bits per heavy atom.